The maximum absolute atomic E-state index is 5.78. The van der Waals surface area contributed by atoms with Crippen LogP contribution in [0.1, 0.15) is 59.8 Å². The Morgan fingerprint density at radius 1 is 1.11 bits per heavy atom. The number of ether oxygens (including phenoxy) is 1. The smallest absolute Gasteiger partial charge is 0.0637 e. The van der Waals surface area contributed by atoms with E-state index >= 15 is 0 Å². The van der Waals surface area contributed by atoms with Crippen molar-refractivity contribution in [2.45, 2.75) is 71.4 Å². The number of nitrogens with one attached hydrogen (secondary N) is 1. The number of hydrogen-bond donors (Lipinski definition) is 1. The zero-order valence-corrected chi connectivity index (χ0v) is 13.5. The topological polar surface area (TPSA) is 24.5 Å². The third-order valence-corrected chi connectivity index (χ3v) is 4.64. The van der Waals surface area contributed by atoms with E-state index in [0.717, 1.165) is 32.8 Å². The summed E-state index contributed by atoms with van der Waals surface area (Å²) >= 11 is 0. The van der Waals surface area contributed by atoms with Gasteiger partial charge in [0.2, 0.25) is 0 Å². The van der Waals surface area contributed by atoms with Gasteiger partial charge in [0, 0.05) is 18.2 Å². The van der Waals surface area contributed by atoms with Gasteiger partial charge >= 0.3 is 0 Å². The van der Waals surface area contributed by atoms with Crippen LogP contribution in [0.4, 0.5) is 0 Å². The lowest BCUT2D eigenvalue weighted by atomic mass is 9.86. The molecular weight excluding hydrogens is 236 g/mol. The number of nitrogens with zero attached hydrogens (tertiary/aromatic N) is 1. The predicted molar refractivity (Wildman–Crippen MR) is 82.7 cm³/mol. The predicted octanol–water partition coefficient (Wildman–Crippen LogP) is 3.05. The molecule has 114 valence electrons. The molecule has 0 saturated heterocycles. The summed E-state index contributed by atoms with van der Waals surface area (Å²) in [6.45, 7) is 14.0. The van der Waals surface area contributed by atoms with Gasteiger partial charge in [-0.3, -0.25) is 4.90 Å². The molecule has 1 rings (SSSR count). The molecule has 3 nitrogen and oxygen atoms in total. The zero-order chi connectivity index (χ0) is 14.1. The third-order valence-electron chi connectivity index (χ3n) is 4.64. The van der Waals surface area contributed by atoms with Crippen LogP contribution in [0.25, 0.3) is 0 Å². The van der Waals surface area contributed by atoms with E-state index in [4.69, 9.17) is 4.74 Å². The van der Waals surface area contributed by atoms with Gasteiger partial charge in [-0.1, -0.05) is 33.6 Å². The highest BCUT2D eigenvalue weighted by Gasteiger charge is 2.44. The molecule has 0 bridgehead atoms. The Hall–Kier alpha value is -0.120. The molecule has 1 fully saturated rings. The summed E-state index contributed by atoms with van der Waals surface area (Å²) in [7, 11) is 0. The van der Waals surface area contributed by atoms with Gasteiger partial charge in [0.15, 0.2) is 0 Å². The van der Waals surface area contributed by atoms with Crippen molar-refractivity contribution in [1.29, 1.82) is 0 Å². The van der Waals surface area contributed by atoms with Crippen LogP contribution in [0.2, 0.25) is 0 Å². The Bertz CT molecular complexity index is 215. The van der Waals surface area contributed by atoms with Crippen molar-refractivity contribution < 1.29 is 4.74 Å². The van der Waals surface area contributed by atoms with Crippen LogP contribution in [-0.4, -0.2) is 49.3 Å². The van der Waals surface area contributed by atoms with Crippen LogP contribution >= 0.6 is 0 Å². The summed E-state index contributed by atoms with van der Waals surface area (Å²) in [6.07, 6.45) is 6.57. The Balaban J connectivity index is 2.82. The molecule has 0 aromatic carbocycles. The molecule has 1 aliphatic rings. The summed E-state index contributed by atoms with van der Waals surface area (Å²) in [4.78, 5) is 2.67. The highest BCUT2D eigenvalue weighted by molar-refractivity contribution is 5.03. The first-order valence-electron chi connectivity index (χ1n) is 8.31. The van der Waals surface area contributed by atoms with Crippen molar-refractivity contribution in [3.63, 3.8) is 0 Å². The average molecular weight is 270 g/mol. The van der Waals surface area contributed by atoms with Crippen molar-refractivity contribution in [2.24, 2.45) is 0 Å². The Kier molecular flexibility index (Phi) is 7.96. The minimum absolute atomic E-state index is 0.327. The van der Waals surface area contributed by atoms with Crippen LogP contribution in [-0.2, 0) is 4.74 Å². The van der Waals surface area contributed by atoms with E-state index in [2.05, 4.69) is 37.9 Å². The second kappa shape index (κ2) is 8.93. The third kappa shape index (κ3) is 4.17. The van der Waals surface area contributed by atoms with Gasteiger partial charge < -0.3 is 10.1 Å². The Morgan fingerprint density at radius 3 is 2.21 bits per heavy atom. The molecule has 0 radical (unpaired) electrons. The first-order valence-corrected chi connectivity index (χ1v) is 8.31. The molecule has 3 heteroatoms. The first kappa shape index (κ1) is 16.9. The molecule has 0 aliphatic heterocycles. The largest absolute Gasteiger partial charge is 0.380 e. The fraction of sp³-hybridized carbons (Fsp3) is 1.00. The van der Waals surface area contributed by atoms with E-state index in [9.17, 15) is 0 Å². The lowest BCUT2D eigenvalue weighted by molar-refractivity contribution is 0.0156. The summed E-state index contributed by atoms with van der Waals surface area (Å²) < 4.78 is 5.78. The highest BCUT2D eigenvalue weighted by Crippen LogP contribution is 2.38. The lowest BCUT2D eigenvalue weighted by Gasteiger charge is -2.46. The van der Waals surface area contributed by atoms with Crippen molar-refractivity contribution in [2.75, 3.05) is 32.8 Å². The van der Waals surface area contributed by atoms with Crippen LogP contribution in [0.3, 0.4) is 0 Å². The normalized spacial score (nSPS) is 20.1. The van der Waals surface area contributed by atoms with Crippen molar-refractivity contribution >= 4 is 0 Å². The molecule has 0 amide bonds. The maximum atomic E-state index is 5.78. The monoisotopic (exact) mass is 270 g/mol. The molecule has 0 heterocycles. The van der Waals surface area contributed by atoms with Crippen molar-refractivity contribution in [1.82, 2.24) is 10.2 Å². The number of rotatable bonds is 10. The second-order valence-corrected chi connectivity index (χ2v) is 5.65. The fourth-order valence-corrected chi connectivity index (χ4v) is 3.68. The van der Waals surface area contributed by atoms with Crippen LogP contribution in [0.15, 0.2) is 0 Å². The van der Waals surface area contributed by atoms with E-state index in [1.807, 2.05) is 0 Å². The number of likely N-dealkylation sites (N-methyl/N-ethyl adjacent to an activating group) is 1. The lowest BCUT2D eigenvalue weighted by Crippen LogP contribution is -2.61. The van der Waals surface area contributed by atoms with E-state index in [0.29, 0.717) is 11.6 Å². The molecule has 1 N–H and O–H groups in total. The van der Waals surface area contributed by atoms with Crippen molar-refractivity contribution in [3.8, 4) is 0 Å². The summed E-state index contributed by atoms with van der Waals surface area (Å²) in [6, 6.07) is 0.481. The van der Waals surface area contributed by atoms with Gasteiger partial charge in [-0.15, -0.1) is 0 Å². The maximum Gasteiger partial charge on any atom is 0.0637 e. The number of hydrogen-bond acceptors (Lipinski definition) is 3. The summed E-state index contributed by atoms with van der Waals surface area (Å²) in [5.41, 5.74) is 0.327. The molecule has 1 unspecified atom stereocenters. The molecule has 0 aromatic heterocycles. The van der Waals surface area contributed by atoms with Gasteiger partial charge in [-0.2, -0.15) is 0 Å². The van der Waals surface area contributed by atoms with Gasteiger partial charge in [-0.25, -0.2) is 0 Å². The molecular formula is C16H34N2O. The minimum atomic E-state index is 0.327. The molecule has 1 atom stereocenters. The van der Waals surface area contributed by atoms with Gasteiger partial charge in [-0.05, 0) is 45.8 Å². The molecule has 0 spiro atoms. The van der Waals surface area contributed by atoms with E-state index in [1.165, 1.54) is 32.1 Å². The van der Waals surface area contributed by atoms with Gasteiger partial charge in [0.1, 0.15) is 0 Å². The average Bonchev–Trinajstić information content (AvgIpc) is 2.91. The van der Waals surface area contributed by atoms with Crippen LogP contribution in [0.5, 0.6) is 0 Å². The Morgan fingerprint density at radius 2 is 1.74 bits per heavy atom. The molecule has 19 heavy (non-hydrogen) atoms. The fourth-order valence-electron chi connectivity index (χ4n) is 3.68. The quantitative estimate of drug-likeness (QED) is 0.660. The Labute approximate surface area is 120 Å². The van der Waals surface area contributed by atoms with Crippen LogP contribution in [0, 0.1) is 0 Å². The zero-order valence-electron chi connectivity index (χ0n) is 13.5. The molecule has 1 aliphatic carbocycles. The first-order chi connectivity index (χ1) is 9.25. The summed E-state index contributed by atoms with van der Waals surface area (Å²) in [5.74, 6) is 0. The SMILES string of the molecule is CCCNC(COCC)C1(N(CC)CC)CCCC1. The minimum Gasteiger partial charge on any atom is -0.380 e. The van der Waals surface area contributed by atoms with Gasteiger partial charge in [0.05, 0.1) is 6.61 Å². The van der Waals surface area contributed by atoms with E-state index < -0.39 is 0 Å². The summed E-state index contributed by atoms with van der Waals surface area (Å²) in [5, 5.41) is 3.77. The van der Waals surface area contributed by atoms with E-state index in [1.54, 1.807) is 0 Å². The second-order valence-electron chi connectivity index (χ2n) is 5.65. The molecule has 1 saturated carbocycles. The van der Waals surface area contributed by atoms with Crippen molar-refractivity contribution in [3.05, 3.63) is 0 Å². The van der Waals surface area contributed by atoms with Gasteiger partial charge in [0.25, 0.3) is 0 Å². The standard InChI is InChI=1S/C16H34N2O/c1-5-13-17-15(14-19-8-4)16(11-9-10-12-16)18(6-2)7-3/h15,17H,5-14H2,1-4H3. The van der Waals surface area contributed by atoms with Crippen LogP contribution < -0.4 is 5.32 Å². The molecule has 0 aromatic rings. The van der Waals surface area contributed by atoms with E-state index in [-0.39, 0.29) is 0 Å². The highest BCUT2D eigenvalue weighted by atomic mass is 16.5.